The minimum absolute atomic E-state index is 0.0722. The number of Topliss-reactive ketones (excluding diaryl/α,β-unsaturated/α-hetero) is 1. The van der Waals surface area contributed by atoms with E-state index in [-0.39, 0.29) is 17.9 Å². The lowest BCUT2D eigenvalue weighted by Crippen LogP contribution is -2.25. The molecule has 0 aliphatic rings. The van der Waals surface area contributed by atoms with Gasteiger partial charge in [0.05, 0.1) is 12.2 Å². The molecule has 1 heterocycles. The molecule has 3 aromatic rings. The van der Waals surface area contributed by atoms with Crippen LogP contribution in [0.4, 0.5) is 0 Å². The molecule has 122 valence electrons. The summed E-state index contributed by atoms with van der Waals surface area (Å²) in [7, 11) is 1.83. The zero-order valence-electron chi connectivity index (χ0n) is 13.6. The topological polar surface area (TPSA) is 50.8 Å². The zero-order chi connectivity index (χ0) is 17.3. The Kier molecular flexibility index (Phi) is 4.40. The number of ketones is 1. The van der Waals surface area contributed by atoms with E-state index in [0.29, 0.717) is 10.6 Å². The molecule has 0 saturated heterocycles. The van der Waals surface area contributed by atoms with Crippen LogP contribution in [0, 0.1) is 12.3 Å². The lowest BCUT2D eigenvalue weighted by Gasteiger charge is -2.02. The first kappa shape index (κ1) is 16.3. The molecule has 0 aliphatic carbocycles. The van der Waals surface area contributed by atoms with Crippen LogP contribution in [0.5, 0.6) is 0 Å². The van der Waals surface area contributed by atoms with Crippen LogP contribution in [-0.4, -0.2) is 14.9 Å². The lowest BCUT2D eigenvalue weighted by molar-refractivity contribution is 0.0970. The van der Waals surface area contributed by atoms with Crippen molar-refractivity contribution in [2.24, 2.45) is 7.05 Å². The van der Waals surface area contributed by atoms with Gasteiger partial charge in [0.15, 0.2) is 5.78 Å². The molecule has 0 bridgehead atoms. The first-order valence-electron chi connectivity index (χ1n) is 7.62. The number of halogens is 1. The minimum Gasteiger partial charge on any atom is -0.314 e. The van der Waals surface area contributed by atoms with E-state index < -0.39 is 0 Å². The second-order valence-corrected chi connectivity index (χ2v) is 6.26. The summed E-state index contributed by atoms with van der Waals surface area (Å²) in [4.78, 5) is 12.4. The number of nitrogens with one attached hydrogen (secondary N) is 1. The number of aryl methyl sites for hydroxylation is 1. The van der Waals surface area contributed by atoms with Crippen LogP contribution in [0.2, 0.25) is 5.02 Å². The maximum atomic E-state index is 12.4. The molecule has 24 heavy (non-hydrogen) atoms. The van der Waals surface area contributed by atoms with Gasteiger partial charge in [-0.3, -0.25) is 10.2 Å². The van der Waals surface area contributed by atoms with Crippen LogP contribution >= 0.6 is 11.6 Å². The molecule has 0 unspecified atom stereocenters. The maximum absolute atomic E-state index is 12.4. The van der Waals surface area contributed by atoms with Gasteiger partial charge < -0.3 is 9.13 Å². The van der Waals surface area contributed by atoms with Crippen LogP contribution < -0.4 is 5.62 Å². The van der Waals surface area contributed by atoms with Gasteiger partial charge in [-0.25, -0.2) is 0 Å². The van der Waals surface area contributed by atoms with E-state index in [0.717, 1.165) is 11.3 Å². The standard InChI is InChI=1S/C19H18ClN3O/c1-13-6-8-14(9-7-13)17-11-23(19(21)22(17)2)12-18(24)15-4-3-5-16(20)10-15/h3-11,21H,12H2,1-2H3. The summed E-state index contributed by atoms with van der Waals surface area (Å²) in [6, 6.07) is 15.0. The molecular weight excluding hydrogens is 322 g/mol. The van der Waals surface area contributed by atoms with Gasteiger partial charge in [-0.2, -0.15) is 0 Å². The van der Waals surface area contributed by atoms with Gasteiger partial charge in [0.2, 0.25) is 5.62 Å². The summed E-state index contributed by atoms with van der Waals surface area (Å²) in [6.07, 6.45) is 1.84. The van der Waals surface area contributed by atoms with Crippen LogP contribution in [0.1, 0.15) is 15.9 Å². The molecule has 2 aromatic carbocycles. The number of nitrogens with zero attached hydrogens (tertiary/aromatic N) is 2. The number of hydrogen-bond donors (Lipinski definition) is 1. The molecule has 0 amide bonds. The fourth-order valence-electron chi connectivity index (χ4n) is 2.62. The van der Waals surface area contributed by atoms with E-state index in [2.05, 4.69) is 0 Å². The predicted molar refractivity (Wildman–Crippen MR) is 95.2 cm³/mol. The average Bonchev–Trinajstić information content (AvgIpc) is 2.84. The van der Waals surface area contributed by atoms with Crippen LogP contribution in [0.3, 0.4) is 0 Å². The van der Waals surface area contributed by atoms with Gasteiger partial charge >= 0.3 is 0 Å². The van der Waals surface area contributed by atoms with Gasteiger partial charge in [-0.15, -0.1) is 0 Å². The van der Waals surface area contributed by atoms with Gasteiger partial charge in [-0.05, 0) is 24.6 Å². The summed E-state index contributed by atoms with van der Waals surface area (Å²) < 4.78 is 3.42. The third kappa shape index (κ3) is 3.19. The molecular formula is C19H18ClN3O. The van der Waals surface area contributed by atoms with Crippen molar-refractivity contribution in [2.75, 3.05) is 0 Å². The molecule has 3 rings (SSSR count). The molecule has 0 aliphatic heterocycles. The Bertz CT molecular complexity index is 951. The molecule has 0 saturated carbocycles. The van der Waals surface area contributed by atoms with Crippen molar-refractivity contribution in [3.63, 3.8) is 0 Å². The summed E-state index contributed by atoms with van der Waals surface area (Å²) >= 11 is 5.95. The number of rotatable bonds is 4. The lowest BCUT2D eigenvalue weighted by atomic mass is 10.1. The molecule has 0 spiro atoms. The monoisotopic (exact) mass is 339 g/mol. The number of hydrogen-bond acceptors (Lipinski definition) is 2. The fourth-order valence-corrected chi connectivity index (χ4v) is 2.81. The zero-order valence-corrected chi connectivity index (χ0v) is 14.3. The highest BCUT2D eigenvalue weighted by Crippen LogP contribution is 2.18. The molecule has 1 N–H and O–H groups in total. The second kappa shape index (κ2) is 6.49. The molecule has 0 radical (unpaired) electrons. The predicted octanol–water partition coefficient (Wildman–Crippen LogP) is 3.82. The smallest absolute Gasteiger partial charge is 0.202 e. The summed E-state index contributed by atoms with van der Waals surface area (Å²) in [5, 5.41) is 8.79. The minimum atomic E-state index is -0.0722. The van der Waals surface area contributed by atoms with Crippen molar-refractivity contribution in [1.29, 1.82) is 5.41 Å². The largest absolute Gasteiger partial charge is 0.314 e. The number of carbonyl (C=O) groups excluding carboxylic acids is 1. The van der Waals surface area contributed by atoms with Crippen molar-refractivity contribution in [2.45, 2.75) is 13.5 Å². The van der Waals surface area contributed by atoms with Crippen molar-refractivity contribution in [3.05, 3.63) is 76.5 Å². The van der Waals surface area contributed by atoms with Gasteiger partial charge in [0.1, 0.15) is 0 Å². The van der Waals surface area contributed by atoms with Crippen LogP contribution in [-0.2, 0) is 13.6 Å². The number of carbonyl (C=O) groups is 1. The Balaban J connectivity index is 1.92. The quantitative estimate of drug-likeness (QED) is 0.722. The summed E-state index contributed by atoms with van der Waals surface area (Å²) in [5.41, 5.74) is 3.93. The van der Waals surface area contributed by atoms with E-state index in [1.807, 2.05) is 44.4 Å². The Hall–Kier alpha value is -2.59. The van der Waals surface area contributed by atoms with E-state index in [1.54, 1.807) is 33.4 Å². The third-order valence-electron chi connectivity index (χ3n) is 4.04. The normalized spacial score (nSPS) is 10.8. The van der Waals surface area contributed by atoms with Crippen molar-refractivity contribution < 1.29 is 4.79 Å². The Morgan fingerprint density at radius 1 is 1.17 bits per heavy atom. The highest BCUT2D eigenvalue weighted by atomic mass is 35.5. The van der Waals surface area contributed by atoms with Gasteiger partial charge in [-0.1, -0.05) is 53.6 Å². The Morgan fingerprint density at radius 2 is 1.88 bits per heavy atom. The second-order valence-electron chi connectivity index (χ2n) is 5.82. The molecule has 5 heteroatoms. The number of imidazole rings is 1. The first-order chi connectivity index (χ1) is 11.5. The number of aromatic nitrogens is 2. The summed E-state index contributed by atoms with van der Waals surface area (Å²) in [5.74, 6) is -0.0722. The summed E-state index contributed by atoms with van der Waals surface area (Å²) in [6.45, 7) is 2.15. The highest BCUT2D eigenvalue weighted by Gasteiger charge is 2.12. The van der Waals surface area contributed by atoms with Crippen molar-refractivity contribution in [3.8, 4) is 11.3 Å². The average molecular weight is 340 g/mol. The van der Waals surface area contributed by atoms with Gasteiger partial charge in [0.25, 0.3) is 0 Å². The molecule has 1 aromatic heterocycles. The fraction of sp³-hybridized carbons (Fsp3) is 0.158. The Labute approximate surface area is 145 Å². The SMILES string of the molecule is Cc1ccc(-c2cn(CC(=O)c3cccc(Cl)c3)c(=N)n2C)cc1. The third-order valence-corrected chi connectivity index (χ3v) is 4.27. The van der Waals surface area contributed by atoms with E-state index in [9.17, 15) is 4.79 Å². The van der Waals surface area contributed by atoms with Crippen LogP contribution in [0.25, 0.3) is 11.3 Å². The number of benzene rings is 2. The highest BCUT2D eigenvalue weighted by molar-refractivity contribution is 6.31. The van der Waals surface area contributed by atoms with Gasteiger partial charge in [0, 0.05) is 23.8 Å². The van der Waals surface area contributed by atoms with E-state index >= 15 is 0 Å². The first-order valence-corrected chi connectivity index (χ1v) is 8.00. The van der Waals surface area contributed by atoms with E-state index in [4.69, 9.17) is 17.0 Å². The maximum Gasteiger partial charge on any atom is 0.202 e. The van der Waals surface area contributed by atoms with Crippen LogP contribution in [0.15, 0.2) is 54.7 Å². The molecule has 0 atom stereocenters. The molecule has 0 fully saturated rings. The van der Waals surface area contributed by atoms with E-state index in [1.165, 1.54) is 5.56 Å². The Morgan fingerprint density at radius 3 is 2.54 bits per heavy atom. The molecule has 4 nitrogen and oxygen atoms in total. The van der Waals surface area contributed by atoms with Crippen molar-refractivity contribution >= 4 is 17.4 Å². The van der Waals surface area contributed by atoms with Crippen molar-refractivity contribution in [1.82, 2.24) is 9.13 Å².